The Morgan fingerprint density at radius 3 is 2.79 bits per heavy atom. The lowest BCUT2D eigenvalue weighted by molar-refractivity contribution is 0.412. The second kappa shape index (κ2) is 3.91. The first-order valence-electron chi connectivity index (χ1n) is 5.57. The number of nitrogens with one attached hydrogen (secondary N) is 2. The first-order chi connectivity index (χ1) is 9.11. The van der Waals surface area contributed by atoms with Crippen LogP contribution < -0.4 is 15.7 Å². The second-order valence-corrected chi connectivity index (χ2v) is 4.19. The Morgan fingerprint density at radius 1 is 1.26 bits per heavy atom. The molecule has 7 heteroatoms. The minimum Gasteiger partial charge on any atom is -0.496 e. The fraction of sp³-hybridized carbons (Fsp3) is 0.167. The molecule has 0 radical (unpaired) electrons. The van der Waals surface area contributed by atoms with Gasteiger partial charge in [-0.25, -0.2) is 0 Å². The van der Waals surface area contributed by atoms with Gasteiger partial charge in [0.05, 0.1) is 18.0 Å². The van der Waals surface area contributed by atoms with Gasteiger partial charge in [-0.15, -0.1) is 5.10 Å². The van der Waals surface area contributed by atoms with Crippen molar-refractivity contribution >= 4 is 21.9 Å². The fourth-order valence-electron chi connectivity index (χ4n) is 2.06. The van der Waals surface area contributed by atoms with E-state index in [0.29, 0.717) is 16.7 Å². The lowest BCUT2D eigenvalue weighted by Gasteiger charge is -2.04. The van der Waals surface area contributed by atoms with Crippen molar-refractivity contribution in [3.05, 3.63) is 38.3 Å². The molecule has 96 valence electrons. The van der Waals surface area contributed by atoms with Crippen molar-refractivity contribution in [2.75, 3.05) is 7.11 Å². The maximum absolute atomic E-state index is 12.4. The molecule has 3 rings (SSSR count). The first kappa shape index (κ1) is 11.4. The highest BCUT2D eigenvalue weighted by molar-refractivity contribution is 5.87. The molecule has 0 fully saturated rings. The molecule has 2 heterocycles. The number of fused-ring (bicyclic) bond motifs is 2. The molecular formula is C12H10N4O3. The number of methoxy groups -OCH3 is 1. The van der Waals surface area contributed by atoms with Gasteiger partial charge in [-0.2, -0.15) is 0 Å². The van der Waals surface area contributed by atoms with E-state index >= 15 is 0 Å². The molecule has 19 heavy (non-hydrogen) atoms. The largest absolute Gasteiger partial charge is 0.496 e. The third-order valence-corrected chi connectivity index (χ3v) is 3.02. The molecule has 0 amide bonds. The molecule has 0 atom stereocenters. The number of aryl methyl sites for hydroxylation is 1. The van der Waals surface area contributed by atoms with Gasteiger partial charge < -0.3 is 9.72 Å². The molecule has 0 spiro atoms. The van der Waals surface area contributed by atoms with Gasteiger partial charge in [0, 0.05) is 0 Å². The standard InChI is InChI=1S/C12H10N4O3/c1-5-3-7-6(4-8(5)19-2)11(17)9-10(12(18)13-7)15-16-14-9/h3-4H,1-2H3,(H,13,18)(H,14,15,16). The van der Waals surface area contributed by atoms with Crippen LogP contribution in [0.5, 0.6) is 5.75 Å². The maximum Gasteiger partial charge on any atom is 0.278 e. The molecule has 1 aromatic carbocycles. The van der Waals surface area contributed by atoms with E-state index < -0.39 is 5.56 Å². The molecule has 0 aliphatic carbocycles. The highest BCUT2D eigenvalue weighted by atomic mass is 16.5. The number of hydrogen-bond donors (Lipinski definition) is 2. The van der Waals surface area contributed by atoms with Crippen LogP contribution in [-0.4, -0.2) is 27.5 Å². The Morgan fingerprint density at radius 2 is 2.05 bits per heavy atom. The summed E-state index contributed by atoms with van der Waals surface area (Å²) in [5.74, 6) is 0.581. The number of benzene rings is 1. The number of H-pyrrole nitrogens is 2. The minimum absolute atomic E-state index is 0.00202. The zero-order valence-corrected chi connectivity index (χ0v) is 10.3. The van der Waals surface area contributed by atoms with E-state index in [4.69, 9.17) is 4.74 Å². The molecule has 2 aromatic heterocycles. The molecule has 0 unspecified atom stereocenters. The number of rotatable bonds is 1. The van der Waals surface area contributed by atoms with E-state index in [1.165, 1.54) is 7.11 Å². The van der Waals surface area contributed by atoms with Gasteiger partial charge in [-0.05, 0) is 24.6 Å². The van der Waals surface area contributed by atoms with Crippen LogP contribution in [0.25, 0.3) is 21.9 Å². The molecule has 0 saturated heterocycles. The van der Waals surface area contributed by atoms with Gasteiger partial charge in [0.2, 0.25) is 5.43 Å². The zero-order valence-electron chi connectivity index (χ0n) is 10.3. The monoisotopic (exact) mass is 258 g/mol. The van der Waals surface area contributed by atoms with Crippen molar-refractivity contribution in [2.24, 2.45) is 0 Å². The number of nitrogens with zero attached hydrogens (tertiary/aromatic N) is 2. The van der Waals surface area contributed by atoms with Crippen LogP contribution in [0.3, 0.4) is 0 Å². The average Bonchev–Trinajstić information content (AvgIpc) is 2.84. The van der Waals surface area contributed by atoms with E-state index in [2.05, 4.69) is 20.4 Å². The predicted octanol–water partition coefficient (Wildman–Crippen LogP) is 0.477. The van der Waals surface area contributed by atoms with Crippen molar-refractivity contribution in [3.8, 4) is 5.75 Å². The maximum atomic E-state index is 12.4. The summed E-state index contributed by atoms with van der Waals surface area (Å²) >= 11 is 0. The Kier molecular flexibility index (Phi) is 2.34. The summed E-state index contributed by atoms with van der Waals surface area (Å²) in [6.45, 7) is 1.83. The van der Waals surface area contributed by atoms with Crippen LogP contribution in [0, 0.1) is 6.92 Å². The van der Waals surface area contributed by atoms with E-state index in [0.717, 1.165) is 5.56 Å². The predicted molar refractivity (Wildman–Crippen MR) is 69.6 cm³/mol. The summed E-state index contributed by atoms with van der Waals surface area (Å²) in [6.07, 6.45) is 0. The normalized spacial score (nSPS) is 11.1. The summed E-state index contributed by atoms with van der Waals surface area (Å²) < 4.78 is 5.19. The highest BCUT2D eigenvalue weighted by Crippen LogP contribution is 2.21. The van der Waals surface area contributed by atoms with Crippen LogP contribution in [0.1, 0.15) is 5.56 Å². The second-order valence-electron chi connectivity index (χ2n) is 4.19. The zero-order chi connectivity index (χ0) is 13.6. The van der Waals surface area contributed by atoms with Crippen molar-refractivity contribution in [3.63, 3.8) is 0 Å². The van der Waals surface area contributed by atoms with E-state index in [9.17, 15) is 9.59 Å². The van der Waals surface area contributed by atoms with Crippen molar-refractivity contribution in [1.29, 1.82) is 0 Å². The molecule has 0 saturated carbocycles. The van der Waals surface area contributed by atoms with Gasteiger partial charge in [0.1, 0.15) is 11.3 Å². The van der Waals surface area contributed by atoms with Crippen LogP contribution >= 0.6 is 0 Å². The highest BCUT2D eigenvalue weighted by Gasteiger charge is 2.11. The number of aromatic amines is 2. The van der Waals surface area contributed by atoms with Gasteiger partial charge >= 0.3 is 0 Å². The summed E-state index contributed by atoms with van der Waals surface area (Å²) in [5, 5.41) is 9.92. The smallest absolute Gasteiger partial charge is 0.278 e. The Bertz CT molecular complexity index is 910. The van der Waals surface area contributed by atoms with E-state index in [1.54, 1.807) is 12.1 Å². The topological polar surface area (TPSA) is 101 Å². The summed E-state index contributed by atoms with van der Waals surface area (Å²) in [7, 11) is 1.53. The van der Waals surface area contributed by atoms with Gasteiger partial charge in [-0.1, -0.05) is 5.21 Å². The first-order valence-corrected chi connectivity index (χ1v) is 5.57. The lowest BCUT2D eigenvalue weighted by atomic mass is 10.1. The molecule has 7 nitrogen and oxygen atoms in total. The minimum atomic E-state index is -0.458. The Labute approximate surface area is 106 Å². The van der Waals surface area contributed by atoms with Crippen LogP contribution in [0.15, 0.2) is 21.7 Å². The quantitative estimate of drug-likeness (QED) is 0.661. The molecular weight excluding hydrogens is 248 g/mol. The molecule has 0 bridgehead atoms. The fourth-order valence-corrected chi connectivity index (χ4v) is 2.06. The molecule has 0 aliphatic rings. The van der Waals surface area contributed by atoms with Crippen molar-refractivity contribution < 1.29 is 4.74 Å². The summed E-state index contributed by atoms with van der Waals surface area (Å²) in [5.41, 5.74) is 0.553. The van der Waals surface area contributed by atoms with Gasteiger partial charge in [0.25, 0.3) is 5.56 Å². The number of ether oxygens (including phenoxy) is 1. The summed E-state index contributed by atoms with van der Waals surface area (Å²) in [4.78, 5) is 26.9. The van der Waals surface area contributed by atoms with Crippen LogP contribution in [-0.2, 0) is 0 Å². The third-order valence-electron chi connectivity index (χ3n) is 3.02. The lowest BCUT2D eigenvalue weighted by Crippen LogP contribution is -2.02. The van der Waals surface area contributed by atoms with Crippen molar-refractivity contribution in [2.45, 2.75) is 6.92 Å². The van der Waals surface area contributed by atoms with Crippen LogP contribution in [0.4, 0.5) is 0 Å². The molecule has 2 N–H and O–H groups in total. The van der Waals surface area contributed by atoms with Crippen LogP contribution in [0.2, 0.25) is 0 Å². The SMILES string of the molecule is COc1cc2c(=O)c3[nH]nnc3c(=O)[nH]c2cc1C. The molecule has 0 aliphatic heterocycles. The van der Waals surface area contributed by atoms with Gasteiger partial charge in [-0.3, -0.25) is 14.7 Å². The van der Waals surface area contributed by atoms with E-state index in [1.807, 2.05) is 6.92 Å². The summed E-state index contributed by atoms with van der Waals surface area (Å²) in [6, 6.07) is 3.30. The third kappa shape index (κ3) is 1.59. The molecule has 3 aromatic rings. The Balaban J connectivity index is 2.65. The number of aromatic nitrogens is 4. The number of hydrogen-bond acceptors (Lipinski definition) is 5. The van der Waals surface area contributed by atoms with E-state index in [-0.39, 0.29) is 16.5 Å². The Hall–Kier alpha value is -2.70. The average molecular weight is 258 g/mol. The van der Waals surface area contributed by atoms with Gasteiger partial charge in [0.15, 0.2) is 5.52 Å². The van der Waals surface area contributed by atoms with Crippen molar-refractivity contribution in [1.82, 2.24) is 20.4 Å².